The normalized spacial score (nSPS) is 16.3. The van der Waals surface area contributed by atoms with Gasteiger partial charge in [0.05, 0.1) is 25.3 Å². The Morgan fingerprint density at radius 3 is 2.50 bits per heavy atom. The molecule has 1 heterocycles. The largest absolute Gasteiger partial charge is 0.496 e. The van der Waals surface area contributed by atoms with Crippen molar-refractivity contribution in [3.63, 3.8) is 0 Å². The van der Waals surface area contributed by atoms with Crippen LogP contribution in [-0.2, 0) is 9.59 Å². The number of nitrogens with zero attached hydrogens (tertiary/aromatic N) is 2. The molecule has 0 spiro atoms. The Labute approximate surface area is 151 Å². The van der Waals surface area contributed by atoms with Crippen LogP contribution in [-0.4, -0.2) is 34.8 Å². The molecule has 0 aliphatic carbocycles. The molecule has 2 aromatic carbocycles. The second-order valence-electron chi connectivity index (χ2n) is 6.01. The number of hydrogen-bond acceptors (Lipinski definition) is 4. The molecule has 1 atom stereocenters. The number of amides is 1. The third kappa shape index (κ3) is 3.74. The molecule has 0 fully saturated rings. The highest BCUT2D eigenvalue weighted by atomic mass is 16.5. The number of carbonyl (C=O) groups is 2. The molecule has 0 saturated carbocycles. The molecule has 6 nitrogen and oxygen atoms in total. The summed E-state index contributed by atoms with van der Waals surface area (Å²) in [6.45, 7) is 0. The summed E-state index contributed by atoms with van der Waals surface area (Å²) in [4.78, 5) is 23.4. The van der Waals surface area contributed by atoms with E-state index in [-0.39, 0.29) is 24.8 Å². The first-order chi connectivity index (χ1) is 12.6. The molecule has 2 aromatic rings. The number of carboxylic acid groups (broad SMARTS) is 1. The van der Waals surface area contributed by atoms with E-state index in [1.165, 1.54) is 5.01 Å². The van der Waals surface area contributed by atoms with Crippen molar-refractivity contribution in [3.05, 3.63) is 65.7 Å². The van der Waals surface area contributed by atoms with Gasteiger partial charge in [0, 0.05) is 18.4 Å². The predicted octanol–water partition coefficient (Wildman–Crippen LogP) is 3.24. The molecular weight excluding hydrogens is 332 g/mol. The quantitative estimate of drug-likeness (QED) is 0.865. The second-order valence-corrected chi connectivity index (χ2v) is 6.01. The summed E-state index contributed by atoms with van der Waals surface area (Å²) < 4.78 is 5.41. The van der Waals surface area contributed by atoms with E-state index in [9.17, 15) is 9.59 Å². The van der Waals surface area contributed by atoms with Crippen LogP contribution in [0.5, 0.6) is 5.75 Å². The van der Waals surface area contributed by atoms with Crippen molar-refractivity contribution in [2.45, 2.75) is 25.3 Å². The van der Waals surface area contributed by atoms with Gasteiger partial charge in [-0.2, -0.15) is 5.10 Å². The summed E-state index contributed by atoms with van der Waals surface area (Å²) >= 11 is 0. The highest BCUT2D eigenvalue weighted by molar-refractivity contribution is 6.05. The average molecular weight is 352 g/mol. The Kier molecular flexibility index (Phi) is 5.31. The van der Waals surface area contributed by atoms with Gasteiger partial charge in [0.15, 0.2) is 0 Å². The van der Waals surface area contributed by atoms with Gasteiger partial charge in [0.2, 0.25) is 5.91 Å². The molecule has 134 valence electrons. The van der Waals surface area contributed by atoms with Crippen molar-refractivity contribution in [3.8, 4) is 5.75 Å². The molecule has 0 saturated heterocycles. The number of carboxylic acids is 1. The lowest BCUT2D eigenvalue weighted by molar-refractivity contribution is -0.141. The highest BCUT2D eigenvalue weighted by Crippen LogP contribution is 2.35. The van der Waals surface area contributed by atoms with E-state index in [0.717, 1.165) is 16.8 Å². The fraction of sp³-hybridized carbons (Fsp3) is 0.250. The number of methoxy groups -OCH3 is 1. The molecule has 3 rings (SSSR count). The summed E-state index contributed by atoms with van der Waals surface area (Å²) in [5, 5.41) is 14.8. The zero-order valence-electron chi connectivity index (χ0n) is 14.5. The van der Waals surface area contributed by atoms with E-state index in [2.05, 4.69) is 5.10 Å². The summed E-state index contributed by atoms with van der Waals surface area (Å²) in [7, 11) is 1.60. The molecule has 1 N–H and O–H groups in total. The summed E-state index contributed by atoms with van der Waals surface area (Å²) in [6.07, 6.45) is 0.251. The van der Waals surface area contributed by atoms with Gasteiger partial charge < -0.3 is 9.84 Å². The summed E-state index contributed by atoms with van der Waals surface area (Å²) in [5.74, 6) is -0.605. The number of para-hydroxylation sites is 1. The number of hydrazone groups is 1. The van der Waals surface area contributed by atoms with Gasteiger partial charge in [0.25, 0.3) is 0 Å². The van der Waals surface area contributed by atoms with Crippen LogP contribution < -0.4 is 4.74 Å². The lowest BCUT2D eigenvalue weighted by Gasteiger charge is -2.21. The predicted molar refractivity (Wildman–Crippen MR) is 97.0 cm³/mol. The van der Waals surface area contributed by atoms with Crippen molar-refractivity contribution < 1.29 is 19.4 Å². The van der Waals surface area contributed by atoms with Gasteiger partial charge in [0.1, 0.15) is 5.75 Å². The number of rotatable bonds is 6. The van der Waals surface area contributed by atoms with E-state index in [1.807, 2.05) is 54.6 Å². The fourth-order valence-electron chi connectivity index (χ4n) is 3.05. The third-order valence-corrected chi connectivity index (χ3v) is 4.32. The Bertz CT molecular complexity index is 833. The Morgan fingerprint density at radius 2 is 1.81 bits per heavy atom. The van der Waals surface area contributed by atoms with Crippen LogP contribution in [0.3, 0.4) is 0 Å². The minimum absolute atomic E-state index is 0.0820. The highest BCUT2D eigenvalue weighted by Gasteiger charge is 2.33. The van der Waals surface area contributed by atoms with Gasteiger partial charge in [-0.05, 0) is 17.7 Å². The smallest absolute Gasteiger partial charge is 0.303 e. The topological polar surface area (TPSA) is 79.2 Å². The summed E-state index contributed by atoms with van der Waals surface area (Å²) in [6, 6.07) is 16.9. The van der Waals surface area contributed by atoms with Gasteiger partial charge in [-0.3, -0.25) is 9.59 Å². The van der Waals surface area contributed by atoms with E-state index in [0.29, 0.717) is 12.2 Å². The maximum Gasteiger partial charge on any atom is 0.303 e. The molecule has 0 aromatic heterocycles. The molecule has 26 heavy (non-hydrogen) atoms. The van der Waals surface area contributed by atoms with Gasteiger partial charge in [-0.25, -0.2) is 5.01 Å². The van der Waals surface area contributed by atoms with Crippen LogP contribution in [0.25, 0.3) is 0 Å². The minimum atomic E-state index is -0.997. The first kappa shape index (κ1) is 17.7. The molecule has 6 heteroatoms. The molecule has 1 aliphatic heterocycles. The van der Waals surface area contributed by atoms with E-state index in [4.69, 9.17) is 9.84 Å². The number of hydrogen-bond donors (Lipinski definition) is 1. The Morgan fingerprint density at radius 1 is 1.12 bits per heavy atom. The first-order valence-corrected chi connectivity index (χ1v) is 8.40. The number of aliphatic carboxylic acids is 1. The zero-order valence-corrected chi connectivity index (χ0v) is 14.5. The third-order valence-electron chi connectivity index (χ3n) is 4.32. The van der Waals surface area contributed by atoms with Crippen molar-refractivity contribution in [1.82, 2.24) is 5.01 Å². The first-order valence-electron chi connectivity index (χ1n) is 8.40. The van der Waals surface area contributed by atoms with Gasteiger partial charge in [-0.1, -0.05) is 42.5 Å². The van der Waals surface area contributed by atoms with Crippen molar-refractivity contribution in [1.29, 1.82) is 0 Å². The van der Waals surface area contributed by atoms with E-state index >= 15 is 0 Å². The molecular formula is C20H20N2O4. The SMILES string of the molecule is COc1ccccc1C1=NN(C(=O)CCC(=O)O)[C@H](c2ccccc2)C1. The van der Waals surface area contributed by atoms with Crippen molar-refractivity contribution in [2.75, 3.05) is 7.11 Å². The number of benzene rings is 2. The van der Waals surface area contributed by atoms with Crippen LogP contribution in [0, 0.1) is 0 Å². The Hall–Kier alpha value is -3.15. The minimum Gasteiger partial charge on any atom is -0.496 e. The number of ether oxygens (including phenoxy) is 1. The van der Waals surface area contributed by atoms with Crippen LogP contribution in [0.1, 0.15) is 36.4 Å². The van der Waals surface area contributed by atoms with Crippen LogP contribution in [0.15, 0.2) is 59.7 Å². The monoisotopic (exact) mass is 352 g/mol. The van der Waals surface area contributed by atoms with E-state index in [1.54, 1.807) is 7.11 Å². The van der Waals surface area contributed by atoms with Crippen LogP contribution in [0.2, 0.25) is 0 Å². The summed E-state index contributed by atoms with van der Waals surface area (Å²) in [5.41, 5.74) is 2.55. The fourth-order valence-corrected chi connectivity index (χ4v) is 3.05. The maximum absolute atomic E-state index is 12.6. The second kappa shape index (κ2) is 7.82. The maximum atomic E-state index is 12.6. The standard InChI is InChI=1S/C20H20N2O4/c1-26-18-10-6-5-9-15(18)16-13-17(14-7-3-2-4-8-14)22(21-16)19(23)11-12-20(24)25/h2-10,17H,11-13H2,1H3,(H,24,25)/t17-/m0/s1. The molecule has 0 unspecified atom stereocenters. The Balaban J connectivity index is 1.93. The molecule has 0 radical (unpaired) electrons. The molecule has 0 bridgehead atoms. The van der Waals surface area contributed by atoms with Crippen LogP contribution in [0.4, 0.5) is 0 Å². The van der Waals surface area contributed by atoms with E-state index < -0.39 is 5.97 Å². The lowest BCUT2D eigenvalue weighted by Crippen LogP contribution is -2.27. The van der Waals surface area contributed by atoms with Gasteiger partial charge in [-0.15, -0.1) is 0 Å². The number of carbonyl (C=O) groups excluding carboxylic acids is 1. The van der Waals surface area contributed by atoms with Crippen molar-refractivity contribution in [2.24, 2.45) is 5.10 Å². The van der Waals surface area contributed by atoms with Crippen LogP contribution >= 0.6 is 0 Å². The zero-order chi connectivity index (χ0) is 18.5. The molecule has 1 amide bonds. The van der Waals surface area contributed by atoms with Crippen molar-refractivity contribution >= 4 is 17.6 Å². The average Bonchev–Trinajstić information content (AvgIpc) is 3.12. The lowest BCUT2D eigenvalue weighted by atomic mass is 9.98. The van der Waals surface area contributed by atoms with Gasteiger partial charge >= 0.3 is 5.97 Å². The molecule has 1 aliphatic rings.